The Bertz CT molecular complexity index is 1240. The highest BCUT2D eigenvalue weighted by Gasteiger charge is 2.48. The molecule has 0 aromatic carbocycles. The van der Waals surface area contributed by atoms with Gasteiger partial charge in [-0.2, -0.15) is 13.2 Å². The van der Waals surface area contributed by atoms with Crippen LogP contribution in [0, 0.1) is 12.8 Å². The van der Waals surface area contributed by atoms with Crippen molar-refractivity contribution in [3.05, 3.63) is 64.8 Å². The van der Waals surface area contributed by atoms with E-state index in [2.05, 4.69) is 25.3 Å². The molecule has 2 aliphatic rings. The quantitative estimate of drug-likeness (QED) is 0.576. The third-order valence-corrected chi connectivity index (χ3v) is 6.56. The molecule has 176 valence electrons. The van der Waals surface area contributed by atoms with Crippen molar-refractivity contribution in [2.75, 3.05) is 11.9 Å². The minimum Gasteiger partial charge on any atom is -0.364 e. The van der Waals surface area contributed by atoms with Crippen molar-refractivity contribution in [2.24, 2.45) is 5.92 Å². The van der Waals surface area contributed by atoms with Gasteiger partial charge in [0.1, 0.15) is 11.5 Å². The van der Waals surface area contributed by atoms with Crippen molar-refractivity contribution < 1.29 is 18.0 Å². The van der Waals surface area contributed by atoms with E-state index < -0.39 is 11.7 Å². The second kappa shape index (κ2) is 8.50. The Morgan fingerprint density at radius 1 is 1.12 bits per heavy atom. The Morgan fingerprint density at radius 2 is 1.88 bits per heavy atom. The van der Waals surface area contributed by atoms with Gasteiger partial charge in [-0.1, -0.05) is 11.6 Å². The van der Waals surface area contributed by atoms with Crippen LogP contribution in [0.25, 0.3) is 11.4 Å². The summed E-state index contributed by atoms with van der Waals surface area (Å²) in [7, 11) is 0. The lowest BCUT2D eigenvalue weighted by molar-refractivity contribution is -0.137. The van der Waals surface area contributed by atoms with Gasteiger partial charge in [-0.05, 0) is 49.4 Å². The number of carbonyl (C=O) groups excluding carboxylic acids is 1. The monoisotopic (exact) mass is 488 g/mol. The Hall–Kier alpha value is -3.27. The van der Waals surface area contributed by atoms with E-state index in [1.165, 1.54) is 0 Å². The first-order chi connectivity index (χ1) is 16.2. The number of aryl methyl sites for hydroxylation is 1. The van der Waals surface area contributed by atoms with E-state index in [0.717, 1.165) is 30.7 Å². The standard InChI is InChI=1S/C23H20ClF3N6O/c1-12-5-15(20-28-3-2-4-29-20)19(30-9-12)22(34)33-11-13-6-17(18(33)7-13)32-21-16(24)8-14(10-31-21)23(25,26)27/h2-5,8-10,13,17-18H,6-7,11H2,1H3,(H,31,32). The molecule has 0 spiro atoms. The summed E-state index contributed by atoms with van der Waals surface area (Å²) in [6, 6.07) is 4.04. The van der Waals surface area contributed by atoms with Crippen LogP contribution in [0.1, 0.15) is 34.5 Å². The number of nitrogens with one attached hydrogen (secondary N) is 1. The Balaban J connectivity index is 1.39. The summed E-state index contributed by atoms with van der Waals surface area (Å²) in [5, 5.41) is 3.05. The van der Waals surface area contributed by atoms with Gasteiger partial charge in [0.15, 0.2) is 5.82 Å². The average Bonchev–Trinajstić information content (AvgIpc) is 3.40. The number of fused-ring (bicyclic) bond motifs is 2. The van der Waals surface area contributed by atoms with E-state index in [1.807, 2.05) is 13.0 Å². The van der Waals surface area contributed by atoms with E-state index in [1.54, 1.807) is 29.6 Å². The number of aromatic nitrogens is 4. The Labute approximate surface area is 198 Å². The van der Waals surface area contributed by atoms with Crippen LogP contribution in [-0.4, -0.2) is 49.4 Å². The first kappa shape index (κ1) is 22.5. The molecule has 5 rings (SSSR count). The maximum atomic E-state index is 13.6. The third kappa shape index (κ3) is 4.18. The van der Waals surface area contributed by atoms with Crippen LogP contribution in [0.15, 0.2) is 43.0 Å². The van der Waals surface area contributed by atoms with Crippen LogP contribution < -0.4 is 5.32 Å². The predicted molar refractivity (Wildman–Crippen MR) is 119 cm³/mol. The number of hydrogen-bond acceptors (Lipinski definition) is 6. The molecule has 3 atom stereocenters. The molecular weight excluding hydrogens is 469 g/mol. The molecule has 1 saturated heterocycles. The van der Waals surface area contributed by atoms with Crippen molar-refractivity contribution in [1.82, 2.24) is 24.8 Å². The van der Waals surface area contributed by atoms with Crippen molar-refractivity contribution in [2.45, 2.75) is 38.0 Å². The minimum atomic E-state index is -4.52. The van der Waals surface area contributed by atoms with Crippen molar-refractivity contribution in [3.8, 4) is 11.4 Å². The van der Waals surface area contributed by atoms with Crippen molar-refractivity contribution in [3.63, 3.8) is 0 Å². The Morgan fingerprint density at radius 3 is 2.56 bits per heavy atom. The minimum absolute atomic E-state index is 0.112. The second-order valence-corrected chi connectivity index (χ2v) is 9.05. The molecule has 34 heavy (non-hydrogen) atoms. The van der Waals surface area contributed by atoms with Gasteiger partial charge in [-0.15, -0.1) is 0 Å². The van der Waals surface area contributed by atoms with E-state index in [9.17, 15) is 18.0 Å². The Kier molecular flexibility index (Phi) is 5.63. The highest BCUT2D eigenvalue weighted by molar-refractivity contribution is 6.33. The molecule has 11 heteroatoms. The zero-order chi connectivity index (χ0) is 24.0. The second-order valence-electron chi connectivity index (χ2n) is 8.65. The molecule has 3 aromatic heterocycles. The number of carbonyl (C=O) groups is 1. The molecule has 1 aliphatic carbocycles. The van der Waals surface area contributed by atoms with E-state index in [-0.39, 0.29) is 40.4 Å². The summed E-state index contributed by atoms with van der Waals surface area (Å²) < 4.78 is 38.8. The lowest BCUT2D eigenvalue weighted by Gasteiger charge is -2.34. The lowest BCUT2D eigenvalue weighted by Crippen LogP contribution is -2.48. The molecule has 3 aromatic rings. The largest absolute Gasteiger partial charge is 0.417 e. The number of amides is 1. The number of likely N-dealkylation sites (tertiary alicyclic amines) is 1. The van der Waals surface area contributed by atoms with Crippen LogP contribution in [-0.2, 0) is 6.18 Å². The average molecular weight is 489 g/mol. The van der Waals surface area contributed by atoms with E-state index in [4.69, 9.17) is 11.6 Å². The summed E-state index contributed by atoms with van der Waals surface area (Å²) in [6.45, 7) is 2.47. The van der Waals surface area contributed by atoms with Gasteiger partial charge < -0.3 is 10.2 Å². The fourth-order valence-electron chi connectivity index (χ4n) is 4.77. The molecule has 3 unspecified atom stereocenters. The smallest absolute Gasteiger partial charge is 0.364 e. The van der Waals surface area contributed by atoms with Gasteiger partial charge in [-0.25, -0.2) is 15.0 Å². The number of halogens is 4. The molecule has 4 heterocycles. The number of nitrogens with zero attached hydrogens (tertiary/aromatic N) is 5. The molecule has 1 aliphatic heterocycles. The summed E-state index contributed by atoms with van der Waals surface area (Å²) in [5.41, 5.74) is 0.803. The molecule has 1 saturated carbocycles. The van der Waals surface area contributed by atoms with Gasteiger partial charge in [0, 0.05) is 37.4 Å². The molecule has 1 N–H and O–H groups in total. The molecular formula is C23H20ClF3N6O. The number of rotatable bonds is 4. The summed E-state index contributed by atoms with van der Waals surface area (Å²) in [6.07, 6.45) is 2.64. The fourth-order valence-corrected chi connectivity index (χ4v) is 4.99. The first-order valence-corrected chi connectivity index (χ1v) is 11.1. The normalized spacial score (nSPS) is 21.7. The summed E-state index contributed by atoms with van der Waals surface area (Å²) in [5.74, 6) is 0.628. The number of piperidine rings is 1. The third-order valence-electron chi connectivity index (χ3n) is 6.27. The van der Waals surface area contributed by atoms with Crippen LogP contribution in [0.2, 0.25) is 5.02 Å². The number of pyridine rings is 2. The zero-order valence-corrected chi connectivity index (χ0v) is 18.8. The molecule has 0 radical (unpaired) electrons. The highest BCUT2D eigenvalue weighted by Crippen LogP contribution is 2.41. The van der Waals surface area contributed by atoms with Gasteiger partial charge in [-0.3, -0.25) is 9.78 Å². The number of anilines is 1. The molecule has 7 nitrogen and oxygen atoms in total. The van der Waals surface area contributed by atoms with Crippen LogP contribution >= 0.6 is 11.6 Å². The maximum absolute atomic E-state index is 13.6. The zero-order valence-electron chi connectivity index (χ0n) is 18.1. The SMILES string of the molecule is Cc1cnc(C(=O)N2CC3CC(Nc4ncc(C(F)(F)F)cc4Cl)C2C3)c(-c2ncccn2)c1. The van der Waals surface area contributed by atoms with Gasteiger partial charge in [0.05, 0.1) is 22.2 Å². The van der Waals surface area contributed by atoms with Crippen LogP contribution in [0.3, 0.4) is 0 Å². The van der Waals surface area contributed by atoms with Gasteiger partial charge in [0.2, 0.25) is 0 Å². The van der Waals surface area contributed by atoms with Gasteiger partial charge >= 0.3 is 6.18 Å². The lowest BCUT2D eigenvalue weighted by atomic mass is 10.0. The number of hydrogen-bond donors (Lipinski definition) is 1. The maximum Gasteiger partial charge on any atom is 0.417 e. The molecule has 2 bridgehead atoms. The molecule has 2 fully saturated rings. The fraction of sp³-hybridized carbons (Fsp3) is 0.348. The molecule has 1 amide bonds. The summed E-state index contributed by atoms with van der Waals surface area (Å²) >= 11 is 6.08. The van der Waals surface area contributed by atoms with Crippen molar-refractivity contribution >= 4 is 23.3 Å². The first-order valence-electron chi connectivity index (χ1n) is 10.7. The van der Waals surface area contributed by atoms with E-state index >= 15 is 0 Å². The summed E-state index contributed by atoms with van der Waals surface area (Å²) in [4.78, 5) is 32.2. The highest BCUT2D eigenvalue weighted by atomic mass is 35.5. The van der Waals surface area contributed by atoms with Crippen molar-refractivity contribution in [1.29, 1.82) is 0 Å². The van der Waals surface area contributed by atoms with E-state index in [0.29, 0.717) is 17.9 Å². The predicted octanol–water partition coefficient (Wildman–Crippen LogP) is 4.63. The van der Waals surface area contributed by atoms with Crippen LogP contribution in [0.4, 0.5) is 19.0 Å². The van der Waals surface area contributed by atoms with Gasteiger partial charge in [0.25, 0.3) is 5.91 Å². The number of alkyl halides is 3. The topological polar surface area (TPSA) is 83.9 Å². The van der Waals surface area contributed by atoms with Crippen LogP contribution in [0.5, 0.6) is 0 Å².